The standard InChI is InChI=1S/C12H24N2O3/c1-17-7-6-10(13)12(16)14-11-5-3-2-4-9(11)8-15/h9-11,15H,2-8,13H2,1H3,(H,14,16). The average Bonchev–Trinajstić information content (AvgIpc) is 2.36. The van der Waals surface area contributed by atoms with Crippen LogP contribution in [0, 0.1) is 5.92 Å². The van der Waals surface area contributed by atoms with Gasteiger partial charge in [-0.2, -0.15) is 0 Å². The van der Waals surface area contributed by atoms with Crippen LogP contribution in [0.25, 0.3) is 0 Å². The zero-order valence-electron chi connectivity index (χ0n) is 10.5. The van der Waals surface area contributed by atoms with Gasteiger partial charge in [0.05, 0.1) is 6.04 Å². The molecule has 5 heteroatoms. The second kappa shape index (κ2) is 7.63. The average molecular weight is 244 g/mol. The van der Waals surface area contributed by atoms with Crippen LogP contribution in [-0.2, 0) is 9.53 Å². The van der Waals surface area contributed by atoms with E-state index in [4.69, 9.17) is 10.5 Å². The van der Waals surface area contributed by atoms with Gasteiger partial charge in [0, 0.05) is 32.3 Å². The summed E-state index contributed by atoms with van der Waals surface area (Å²) in [6.07, 6.45) is 4.68. The molecule has 0 radical (unpaired) electrons. The van der Waals surface area contributed by atoms with E-state index in [1.165, 1.54) is 0 Å². The Kier molecular flexibility index (Phi) is 6.47. The third kappa shape index (κ3) is 4.61. The normalized spacial score (nSPS) is 26.5. The van der Waals surface area contributed by atoms with E-state index in [0.29, 0.717) is 13.0 Å². The first-order chi connectivity index (χ1) is 8.19. The highest BCUT2D eigenvalue weighted by molar-refractivity contribution is 5.81. The lowest BCUT2D eigenvalue weighted by molar-refractivity contribution is -0.124. The third-order valence-corrected chi connectivity index (χ3v) is 3.44. The van der Waals surface area contributed by atoms with E-state index in [1.54, 1.807) is 7.11 Å². The molecule has 1 aliphatic rings. The van der Waals surface area contributed by atoms with Crippen LogP contribution < -0.4 is 11.1 Å². The molecule has 1 saturated carbocycles. The number of nitrogens with one attached hydrogen (secondary N) is 1. The molecule has 0 aliphatic heterocycles. The van der Waals surface area contributed by atoms with Gasteiger partial charge in [-0.15, -0.1) is 0 Å². The maximum absolute atomic E-state index is 11.8. The van der Waals surface area contributed by atoms with Crippen molar-refractivity contribution in [3.63, 3.8) is 0 Å². The number of aliphatic hydroxyl groups is 1. The fraction of sp³-hybridized carbons (Fsp3) is 0.917. The molecule has 1 amide bonds. The van der Waals surface area contributed by atoms with Crippen molar-refractivity contribution in [2.75, 3.05) is 20.3 Å². The molecule has 0 saturated heterocycles. The second-order valence-corrected chi connectivity index (χ2v) is 4.73. The Balaban J connectivity index is 2.37. The molecule has 4 N–H and O–H groups in total. The zero-order chi connectivity index (χ0) is 12.7. The minimum Gasteiger partial charge on any atom is -0.396 e. The molecular weight excluding hydrogens is 220 g/mol. The smallest absolute Gasteiger partial charge is 0.237 e. The molecule has 5 nitrogen and oxygen atoms in total. The van der Waals surface area contributed by atoms with Crippen molar-refractivity contribution in [1.82, 2.24) is 5.32 Å². The van der Waals surface area contributed by atoms with Crippen molar-refractivity contribution < 1.29 is 14.6 Å². The van der Waals surface area contributed by atoms with Crippen molar-refractivity contribution in [3.05, 3.63) is 0 Å². The fourth-order valence-electron chi connectivity index (χ4n) is 2.28. The molecule has 17 heavy (non-hydrogen) atoms. The first-order valence-electron chi connectivity index (χ1n) is 6.34. The van der Waals surface area contributed by atoms with E-state index in [-0.39, 0.29) is 24.5 Å². The number of rotatable bonds is 6. The molecule has 0 heterocycles. The molecule has 0 aromatic heterocycles. The summed E-state index contributed by atoms with van der Waals surface area (Å²) in [5.74, 6) is 0.0507. The summed E-state index contributed by atoms with van der Waals surface area (Å²) in [6.45, 7) is 0.626. The van der Waals surface area contributed by atoms with Crippen molar-refractivity contribution in [2.24, 2.45) is 11.7 Å². The van der Waals surface area contributed by atoms with Gasteiger partial charge in [0.25, 0.3) is 0 Å². The van der Waals surface area contributed by atoms with Gasteiger partial charge in [-0.3, -0.25) is 4.79 Å². The Labute approximate surface area is 103 Å². The second-order valence-electron chi connectivity index (χ2n) is 4.73. The molecule has 100 valence electrons. The van der Waals surface area contributed by atoms with Gasteiger partial charge >= 0.3 is 0 Å². The lowest BCUT2D eigenvalue weighted by Gasteiger charge is -2.31. The van der Waals surface area contributed by atoms with Crippen LogP contribution in [0.4, 0.5) is 0 Å². The number of methoxy groups -OCH3 is 1. The fourth-order valence-corrected chi connectivity index (χ4v) is 2.28. The van der Waals surface area contributed by atoms with E-state index >= 15 is 0 Å². The minimum absolute atomic E-state index is 0.0786. The van der Waals surface area contributed by atoms with E-state index in [2.05, 4.69) is 5.32 Å². The van der Waals surface area contributed by atoms with Crippen LogP contribution in [0.15, 0.2) is 0 Å². The summed E-state index contributed by atoms with van der Waals surface area (Å²) in [5, 5.41) is 12.2. The van der Waals surface area contributed by atoms with Gasteiger partial charge in [-0.05, 0) is 19.3 Å². The SMILES string of the molecule is COCCC(N)C(=O)NC1CCCCC1CO. The van der Waals surface area contributed by atoms with E-state index in [0.717, 1.165) is 25.7 Å². The number of amides is 1. The number of nitrogens with two attached hydrogens (primary N) is 1. The summed E-state index contributed by atoms with van der Waals surface area (Å²) < 4.78 is 4.89. The van der Waals surface area contributed by atoms with Crippen molar-refractivity contribution in [3.8, 4) is 0 Å². The predicted molar refractivity (Wildman–Crippen MR) is 65.4 cm³/mol. The van der Waals surface area contributed by atoms with Crippen molar-refractivity contribution >= 4 is 5.91 Å². The van der Waals surface area contributed by atoms with Gasteiger partial charge in [0.15, 0.2) is 0 Å². The molecule has 3 atom stereocenters. The lowest BCUT2D eigenvalue weighted by Crippen LogP contribution is -2.49. The quantitative estimate of drug-likeness (QED) is 0.615. The van der Waals surface area contributed by atoms with Gasteiger partial charge < -0.3 is 20.9 Å². The van der Waals surface area contributed by atoms with E-state index < -0.39 is 6.04 Å². The molecule has 1 fully saturated rings. The molecule has 0 aromatic rings. The van der Waals surface area contributed by atoms with Crippen molar-refractivity contribution in [2.45, 2.75) is 44.2 Å². The van der Waals surface area contributed by atoms with Crippen LogP contribution in [0.2, 0.25) is 0 Å². The first-order valence-corrected chi connectivity index (χ1v) is 6.34. The highest BCUT2D eigenvalue weighted by Gasteiger charge is 2.27. The molecule has 3 unspecified atom stereocenters. The first kappa shape index (κ1) is 14.4. The summed E-state index contributed by atoms with van der Waals surface area (Å²) in [5.41, 5.74) is 5.75. The largest absolute Gasteiger partial charge is 0.396 e. The van der Waals surface area contributed by atoms with Crippen LogP contribution in [0.3, 0.4) is 0 Å². The Bertz CT molecular complexity index is 236. The zero-order valence-corrected chi connectivity index (χ0v) is 10.5. The maximum Gasteiger partial charge on any atom is 0.237 e. The lowest BCUT2D eigenvalue weighted by atomic mass is 9.85. The Morgan fingerprint density at radius 1 is 1.53 bits per heavy atom. The minimum atomic E-state index is -0.517. The number of ether oxygens (including phenoxy) is 1. The molecule has 1 aliphatic carbocycles. The molecular formula is C12H24N2O3. The number of hydrogen-bond acceptors (Lipinski definition) is 4. The van der Waals surface area contributed by atoms with E-state index in [1.807, 2.05) is 0 Å². The number of hydrogen-bond donors (Lipinski definition) is 3. The summed E-state index contributed by atoms with van der Waals surface area (Å²) in [4.78, 5) is 11.8. The van der Waals surface area contributed by atoms with E-state index in [9.17, 15) is 9.90 Å². The Hall–Kier alpha value is -0.650. The highest BCUT2D eigenvalue weighted by atomic mass is 16.5. The predicted octanol–water partition coefficient (Wildman–Crippen LogP) is 0.0175. The van der Waals surface area contributed by atoms with Gasteiger partial charge in [-0.25, -0.2) is 0 Å². The third-order valence-electron chi connectivity index (χ3n) is 3.44. The highest BCUT2D eigenvalue weighted by Crippen LogP contribution is 2.23. The number of carbonyl (C=O) groups is 1. The molecule has 0 bridgehead atoms. The topological polar surface area (TPSA) is 84.6 Å². The van der Waals surface area contributed by atoms with Crippen LogP contribution in [0.1, 0.15) is 32.1 Å². The molecule has 1 rings (SSSR count). The van der Waals surface area contributed by atoms with Crippen LogP contribution in [-0.4, -0.2) is 43.4 Å². The van der Waals surface area contributed by atoms with Crippen LogP contribution >= 0.6 is 0 Å². The molecule has 0 aromatic carbocycles. The van der Waals surface area contributed by atoms with Crippen molar-refractivity contribution in [1.29, 1.82) is 0 Å². The summed E-state index contributed by atoms with van der Waals surface area (Å²) >= 11 is 0. The molecule has 0 spiro atoms. The Morgan fingerprint density at radius 2 is 2.24 bits per heavy atom. The number of carbonyl (C=O) groups excluding carboxylic acids is 1. The van der Waals surface area contributed by atoms with Crippen LogP contribution in [0.5, 0.6) is 0 Å². The Morgan fingerprint density at radius 3 is 2.88 bits per heavy atom. The maximum atomic E-state index is 11.8. The van der Waals surface area contributed by atoms with Gasteiger partial charge in [0.1, 0.15) is 0 Å². The van der Waals surface area contributed by atoms with Gasteiger partial charge in [0.2, 0.25) is 5.91 Å². The monoisotopic (exact) mass is 244 g/mol. The van der Waals surface area contributed by atoms with Gasteiger partial charge in [-0.1, -0.05) is 12.8 Å². The summed E-state index contributed by atoms with van der Waals surface area (Å²) in [7, 11) is 1.59. The summed E-state index contributed by atoms with van der Waals surface area (Å²) in [6, 6.07) is -0.439. The number of aliphatic hydroxyl groups excluding tert-OH is 1.